The molecule has 1 heterocycles. The first-order valence-electron chi connectivity index (χ1n) is 4.49. The quantitative estimate of drug-likeness (QED) is 0.592. The highest BCUT2D eigenvalue weighted by atomic mass is 32.1. The number of ether oxygens (including phenoxy) is 1. The largest absolute Gasteiger partial charge is 0.462 e. The van der Waals surface area contributed by atoms with E-state index in [4.69, 9.17) is 17.0 Å². The van der Waals surface area contributed by atoms with Crippen LogP contribution in [0, 0.1) is 10.9 Å². The van der Waals surface area contributed by atoms with Crippen LogP contribution in [-0.4, -0.2) is 17.1 Å². The average Bonchev–Trinajstić information content (AvgIpc) is 2.42. The van der Waals surface area contributed by atoms with E-state index in [1.165, 1.54) is 11.3 Å². The van der Waals surface area contributed by atoms with Crippen molar-refractivity contribution in [1.29, 1.82) is 0 Å². The number of esters is 1. The Labute approximate surface area is 92.3 Å². The van der Waals surface area contributed by atoms with Crippen LogP contribution in [-0.2, 0) is 11.3 Å². The van der Waals surface area contributed by atoms with Crippen molar-refractivity contribution in [3.8, 4) is 0 Å². The molecule has 0 atom stereocenters. The van der Waals surface area contributed by atoms with Crippen molar-refractivity contribution in [3.63, 3.8) is 0 Å². The summed E-state index contributed by atoms with van der Waals surface area (Å²) in [6.45, 7) is 6.88. The first-order chi connectivity index (χ1) is 6.61. The first-order valence-corrected chi connectivity index (χ1v) is 5.71. The molecule has 0 aliphatic rings. The molecular weight excluding hydrogens is 218 g/mol. The average molecular weight is 231 g/mol. The van der Waals surface area contributed by atoms with E-state index in [-0.39, 0.29) is 5.97 Å². The van der Waals surface area contributed by atoms with Gasteiger partial charge in [-0.1, -0.05) is 11.3 Å². The summed E-state index contributed by atoms with van der Waals surface area (Å²) in [5.41, 5.74) is 0.904. The number of nitrogens with zero attached hydrogens (tertiary/aromatic N) is 1. The van der Waals surface area contributed by atoms with Crippen LogP contribution in [0.1, 0.15) is 29.2 Å². The number of hydrogen-bond acceptors (Lipinski definition) is 4. The Hall–Kier alpha value is -0.680. The van der Waals surface area contributed by atoms with E-state index in [0.717, 1.165) is 16.2 Å². The second-order valence-corrected chi connectivity index (χ2v) is 4.39. The fourth-order valence-electron chi connectivity index (χ4n) is 1.23. The van der Waals surface area contributed by atoms with E-state index in [9.17, 15) is 4.79 Å². The second-order valence-electron chi connectivity index (χ2n) is 2.75. The summed E-state index contributed by atoms with van der Waals surface area (Å²) in [5, 5.41) is 0. The van der Waals surface area contributed by atoms with Gasteiger partial charge in [0.15, 0.2) is 3.95 Å². The number of rotatable bonds is 3. The number of aromatic nitrogens is 1. The van der Waals surface area contributed by atoms with Gasteiger partial charge >= 0.3 is 5.97 Å². The summed E-state index contributed by atoms with van der Waals surface area (Å²) in [4.78, 5) is 12.1. The molecule has 0 amide bonds. The molecule has 0 saturated heterocycles. The van der Waals surface area contributed by atoms with Gasteiger partial charge in [-0.15, -0.1) is 0 Å². The minimum atomic E-state index is -0.270. The van der Waals surface area contributed by atoms with Crippen LogP contribution in [0.2, 0.25) is 0 Å². The summed E-state index contributed by atoms with van der Waals surface area (Å²) >= 11 is 6.45. The summed E-state index contributed by atoms with van der Waals surface area (Å²) < 4.78 is 7.60. The Bertz CT molecular complexity index is 392. The van der Waals surface area contributed by atoms with E-state index >= 15 is 0 Å². The second kappa shape index (κ2) is 4.70. The van der Waals surface area contributed by atoms with Crippen LogP contribution in [0.4, 0.5) is 0 Å². The molecule has 0 bridgehead atoms. The van der Waals surface area contributed by atoms with Crippen molar-refractivity contribution in [3.05, 3.63) is 14.5 Å². The lowest BCUT2D eigenvalue weighted by Crippen LogP contribution is -2.06. The maximum atomic E-state index is 11.5. The molecule has 0 N–H and O–H groups in total. The Morgan fingerprint density at radius 2 is 2.21 bits per heavy atom. The van der Waals surface area contributed by atoms with E-state index in [1.54, 1.807) is 6.92 Å². The molecule has 3 nitrogen and oxygen atoms in total. The topological polar surface area (TPSA) is 31.2 Å². The van der Waals surface area contributed by atoms with Gasteiger partial charge in [-0.25, -0.2) is 4.79 Å². The van der Waals surface area contributed by atoms with Crippen LogP contribution in [0.5, 0.6) is 0 Å². The third-order valence-electron chi connectivity index (χ3n) is 1.92. The number of carbonyl (C=O) groups excluding carboxylic acids is 1. The summed E-state index contributed by atoms with van der Waals surface area (Å²) in [7, 11) is 0. The maximum absolute atomic E-state index is 11.5. The van der Waals surface area contributed by atoms with E-state index in [2.05, 4.69) is 0 Å². The molecule has 14 heavy (non-hydrogen) atoms. The molecule has 0 aliphatic carbocycles. The first kappa shape index (κ1) is 11.4. The number of hydrogen-bond donors (Lipinski definition) is 0. The third-order valence-corrected chi connectivity index (χ3v) is 3.45. The Morgan fingerprint density at radius 1 is 1.57 bits per heavy atom. The SMILES string of the molecule is CCOC(=O)c1sc(=S)n(CC)c1C. The zero-order valence-corrected chi connectivity index (χ0v) is 10.1. The van der Waals surface area contributed by atoms with Crippen molar-refractivity contribution in [2.24, 2.45) is 0 Å². The normalized spacial score (nSPS) is 10.2. The van der Waals surface area contributed by atoms with Crippen molar-refractivity contribution in [2.45, 2.75) is 27.3 Å². The Balaban J connectivity index is 3.11. The highest BCUT2D eigenvalue weighted by Gasteiger charge is 2.15. The van der Waals surface area contributed by atoms with Gasteiger partial charge in [-0.2, -0.15) is 0 Å². The van der Waals surface area contributed by atoms with Gasteiger partial charge in [0.05, 0.1) is 6.61 Å². The zero-order valence-electron chi connectivity index (χ0n) is 8.49. The maximum Gasteiger partial charge on any atom is 0.350 e. The zero-order chi connectivity index (χ0) is 10.7. The molecule has 1 aromatic heterocycles. The summed E-state index contributed by atoms with van der Waals surface area (Å²) in [6.07, 6.45) is 0. The molecular formula is C9H13NO2S2. The monoisotopic (exact) mass is 231 g/mol. The van der Waals surface area contributed by atoms with Crippen LogP contribution >= 0.6 is 23.6 Å². The van der Waals surface area contributed by atoms with Gasteiger partial charge in [-0.3, -0.25) is 0 Å². The molecule has 0 spiro atoms. The third kappa shape index (κ3) is 2.04. The van der Waals surface area contributed by atoms with E-state index in [1.807, 2.05) is 18.4 Å². The summed E-state index contributed by atoms with van der Waals surface area (Å²) in [6, 6.07) is 0. The van der Waals surface area contributed by atoms with Gasteiger partial charge in [0.2, 0.25) is 0 Å². The standard InChI is InChI=1S/C9H13NO2S2/c1-4-10-6(3)7(14-9(10)13)8(11)12-5-2/h4-5H2,1-3H3. The van der Waals surface area contributed by atoms with Gasteiger partial charge in [0, 0.05) is 12.2 Å². The molecule has 0 fully saturated rings. The smallest absolute Gasteiger partial charge is 0.350 e. The van der Waals surface area contributed by atoms with Crippen LogP contribution < -0.4 is 0 Å². The van der Waals surface area contributed by atoms with Gasteiger partial charge < -0.3 is 9.30 Å². The van der Waals surface area contributed by atoms with E-state index < -0.39 is 0 Å². The molecule has 5 heteroatoms. The Kier molecular flexibility index (Phi) is 3.83. The number of carbonyl (C=O) groups is 1. The molecule has 0 aromatic carbocycles. The minimum absolute atomic E-state index is 0.270. The molecule has 0 radical (unpaired) electrons. The lowest BCUT2D eigenvalue weighted by molar-refractivity contribution is 0.0530. The van der Waals surface area contributed by atoms with Gasteiger partial charge in [-0.05, 0) is 33.0 Å². The lowest BCUT2D eigenvalue weighted by Gasteiger charge is -2.02. The van der Waals surface area contributed by atoms with Crippen molar-refractivity contribution >= 4 is 29.5 Å². The fraction of sp³-hybridized carbons (Fsp3) is 0.556. The predicted octanol–water partition coefficient (Wildman–Crippen LogP) is 2.78. The minimum Gasteiger partial charge on any atom is -0.462 e. The van der Waals surface area contributed by atoms with E-state index in [0.29, 0.717) is 11.5 Å². The number of thiazole rings is 1. The molecule has 1 rings (SSSR count). The Morgan fingerprint density at radius 3 is 2.64 bits per heavy atom. The van der Waals surface area contributed by atoms with Crippen LogP contribution in [0.25, 0.3) is 0 Å². The highest BCUT2D eigenvalue weighted by Crippen LogP contribution is 2.19. The molecule has 0 saturated carbocycles. The van der Waals surface area contributed by atoms with Crippen LogP contribution in [0.3, 0.4) is 0 Å². The van der Waals surface area contributed by atoms with Crippen molar-refractivity contribution in [1.82, 2.24) is 4.57 Å². The predicted molar refractivity (Wildman–Crippen MR) is 59.5 cm³/mol. The molecule has 0 unspecified atom stereocenters. The molecule has 78 valence electrons. The summed E-state index contributed by atoms with van der Waals surface area (Å²) in [5.74, 6) is -0.270. The lowest BCUT2D eigenvalue weighted by atomic mass is 10.4. The fourth-order valence-corrected chi connectivity index (χ4v) is 2.70. The van der Waals surface area contributed by atoms with Crippen molar-refractivity contribution in [2.75, 3.05) is 6.61 Å². The van der Waals surface area contributed by atoms with Gasteiger partial charge in [0.1, 0.15) is 4.88 Å². The van der Waals surface area contributed by atoms with Gasteiger partial charge in [0.25, 0.3) is 0 Å². The highest BCUT2D eigenvalue weighted by molar-refractivity contribution is 7.73. The molecule has 0 aliphatic heterocycles. The molecule has 1 aromatic rings. The van der Waals surface area contributed by atoms with Crippen molar-refractivity contribution < 1.29 is 9.53 Å². The van der Waals surface area contributed by atoms with Crippen LogP contribution in [0.15, 0.2) is 0 Å².